The van der Waals surface area contributed by atoms with Crippen molar-refractivity contribution >= 4 is 46.6 Å². The van der Waals surface area contributed by atoms with Crippen molar-refractivity contribution in [2.75, 3.05) is 19.0 Å². The molecule has 0 atom stereocenters. The summed E-state index contributed by atoms with van der Waals surface area (Å²) >= 11 is 12.2. The second kappa shape index (κ2) is 9.78. The minimum atomic E-state index is -0.793. The molecule has 0 radical (unpaired) electrons. The van der Waals surface area contributed by atoms with Gasteiger partial charge in [0.15, 0.2) is 11.5 Å². The highest BCUT2D eigenvalue weighted by atomic mass is 35.5. The lowest BCUT2D eigenvalue weighted by Crippen LogP contribution is -2.14. The van der Waals surface area contributed by atoms with Crippen LogP contribution in [0.5, 0.6) is 11.5 Å². The smallest absolute Gasteiger partial charge is 0.271 e. The Balaban J connectivity index is 2.36. The molecule has 0 saturated carbocycles. The standard InChI is InChI=1S/C19H15Cl2N3O5/c1-3-29-18-15(21)7-11(8-17(18)28-2)6-12(10-22)19(25)23-16-9-13(24(26)27)4-5-14(16)20/h4-9H,3H2,1-2H3,(H,23,25)/b12-6+. The molecule has 29 heavy (non-hydrogen) atoms. The van der Waals surface area contributed by atoms with Crippen LogP contribution in [0.25, 0.3) is 6.08 Å². The number of nitro groups is 1. The molecule has 1 N–H and O–H groups in total. The second-order valence-electron chi connectivity index (χ2n) is 5.51. The first-order valence-corrected chi connectivity index (χ1v) is 8.93. The van der Waals surface area contributed by atoms with Gasteiger partial charge in [0.05, 0.1) is 34.4 Å². The summed E-state index contributed by atoms with van der Waals surface area (Å²) in [6.07, 6.45) is 1.30. The highest BCUT2D eigenvalue weighted by Crippen LogP contribution is 2.37. The SMILES string of the molecule is CCOc1c(Cl)cc(/C=C(\C#N)C(=O)Nc2cc([N+](=O)[O-])ccc2Cl)cc1OC. The van der Waals surface area contributed by atoms with E-state index in [2.05, 4.69) is 5.32 Å². The number of amides is 1. The van der Waals surface area contributed by atoms with E-state index in [1.165, 1.54) is 31.4 Å². The molecule has 1 amide bonds. The molecule has 8 nitrogen and oxygen atoms in total. The number of anilines is 1. The van der Waals surface area contributed by atoms with Crippen LogP contribution in [0, 0.1) is 21.4 Å². The Morgan fingerprint density at radius 2 is 2.03 bits per heavy atom. The normalized spacial score (nSPS) is 10.8. The maximum Gasteiger partial charge on any atom is 0.271 e. The number of hydrogen-bond donors (Lipinski definition) is 1. The Labute approximate surface area is 176 Å². The highest BCUT2D eigenvalue weighted by molar-refractivity contribution is 6.34. The van der Waals surface area contributed by atoms with E-state index in [1.807, 2.05) is 0 Å². The average Bonchev–Trinajstić information content (AvgIpc) is 2.69. The molecule has 0 spiro atoms. The number of nitriles is 1. The number of ether oxygens (including phenoxy) is 2. The van der Waals surface area contributed by atoms with Gasteiger partial charge in [0.1, 0.15) is 11.6 Å². The molecule has 0 heterocycles. The molecule has 0 aromatic heterocycles. The van der Waals surface area contributed by atoms with E-state index in [0.717, 1.165) is 6.07 Å². The Morgan fingerprint density at radius 3 is 2.62 bits per heavy atom. The number of halogens is 2. The van der Waals surface area contributed by atoms with Crippen molar-refractivity contribution < 1.29 is 19.2 Å². The van der Waals surface area contributed by atoms with Crippen LogP contribution in [0.3, 0.4) is 0 Å². The maximum atomic E-state index is 12.5. The van der Waals surface area contributed by atoms with E-state index in [9.17, 15) is 20.2 Å². The molecule has 0 aliphatic rings. The molecule has 0 aliphatic carbocycles. The van der Waals surface area contributed by atoms with Gasteiger partial charge in [-0.05, 0) is 36.8 Å². The van der Waals surface area contributed by atoms with Gasteiger partial charge in [0, 0.05) is 12.1 Å². The van der Waals surface area contributed by atoms with E-state index in [1.54, 1.807) is 19.1 Å². The fourth-order valence-corrected chi connectivity index (χ4v) is 2.77. The van der Waals surface area contributed by atoms with Gasteiger partial charge in [0.25, 0.3) is 11.6 Å². The quantitative estimate of drug-likeness (QED) is 0.287. The fourth-order valence-electron chi connectivity index (χ4n) is 2.34. The number of nitrogens with one attached hydrogen (secondary N) is 1. The zero-order chi connectivity index (χ0) is 21.6. The van der Waals surface area contributed by atoms with Crippen molar-refractivity contribution in [3.8, 4) is 17.6 Å². The molecule has 2 aromatic carbocycles. The predicted octanol–water partition coefficient (Wildman–Crippen LogP) is 4.85. The lowest BCUT2D eigenvalue weighted by atomic mass is 10.1. The van der Waals surface area contributed by atoms with E-state index in [0.29, 0.717) is 23.7 Å². The molecule has 0 bridgehead atoms. The maximum absolute atomic E-state index is 12.5. The number of benzene rings is 2. The Hall–Kier alpha value is -3.28. The molecule has 0 aliphatic heterocycles. The monoisotopic (exact) mass is 435 g/mol. The van der Waals surface area contributed by atoms with Crippen LogP contribution >= 0.6 is 23.2 Å². The Morgan fingerprint density at radius 1 is 1.31 bits per heavy atom. The summed E-state index contributed by atoms with van der Waals surface area (Å²) in [7, 11) is 1.43. The fraction of sp³-hybridized carbons (Fsp3) is 0.158. The zero-order valence-electron chi connectivity index (χ0n) is 15.4. The first-order chi connectivity index (χ1) is 13.8. The van der Waals surface area contributed by atoms with Crippen molar-refractivity contribution in [3.63, 3.8) is 0 Å². The van der Waals surface area contributed by atoms with Gasteiger partial charge in [-0.3, -0.25) is 14.9 Å². The summed E-state index contributed by atoms with van der Waals surface area (Å²) in [6, 6.07) is 8.44. The van der Waals surface area contributed by atoms with Crippen molar-refractivity contribution in [2.45, 2.75) is 6.92 Å². The van der Waals surface area contributed by atoms with Gasteiger partial charge >= 0.3 is 0 Å². The molecule has 2 rings (SSSR count). The van der Waals surface area contributed by atoms with E-state index in [4.69, 9.17) is 32.7 Å². The number of rotatable bonds is 7. The first kappa shape index (κ1) is 22.0. The van der Waals surface area contributed by atoms with E-state index < -0.39 is 10.8 Å². The first-order valence-electron chi connectivity index (χ1n) is 8.18. The van der Waals surface area contributed by atoms with Crippen LogP contribution in [0.4, 0.5) is 11.4 Å². The minimum Gasteiger partial charge on any atom is -0.493 e. The van der Waals surface area contributed by atoms with Crippen molar-refractivity contribution in [3.05, 3.63) is 61.6 Å². The summed E-state index contributed by atoms with van der Waals surface area (Å²) in [5.41, 5.74) is -0.0912. The molecular weight excluding hydrogens is 421 g/mol. The van der Waals surface area contributed by atoms with Gasteiger partial charge < -0.3 is 14.8 Å². The van der Waals surface area contributed by atoms with Gasteiger partial charge in [0.2, 0.25) is 0 Å². The van der Waals surface area contributed by atoms with Crippen molar-refractivity contribution in [2.24, 2.45) is 0 Å². The highest BCUT2D eigenvalue weighted by Gasteiger charge is 2.16. The zero-order valence-corrected chi connectivity index (χ0v) is 16.9. The van der Waals surface area contributed by atoms with Gasteiger partial charge in [-0.15, -0.1) is 0 Å². The summed E-state index contributed by atoms with van der Waals surface area (Å²) in [4.78, 5) is 22.7. The second-order valence-corrected chi connectivity index (χ2v) is 6.33. The topological polar surface area (TPSA) is 114 Å². The largest absolute Gasteiger partial charge is 0.493 e. The van der Waals surface area contributed by atoms with Crippen molar-refractivity contribution in [1.29, 1.82) is 5.26 Å². The molecule has 0 saturated heterocycles. The number of nitro benzene ring substituents is 1. The number of methoxy groups -OCH3 is 1. The summed E-state index contributed by atoms with van der Waals surface area (Å²) in [6.45, 7) is 2.17. The molecule has 0 unspecified atom stereocenters. The van der Waals surface area contributed by atoms with E-state index in [-0.39, 0.29) is 27.0 Å². The number of carbonyl (C=O) groups is 1. The Bertz CT molecular complexity index is 1030. The van der Waals surface area contributed by atoms with Crippen LogP contribution in [0.2, 0.25) is 10.0 Å². The number of non-ortho nitro benzene ring substituents is 1. The van der Waals surface area contributed by atoms with Gasteiger partial charge in [-0.2, -0.15) is 5.26 Å². The van der Waals surface area contributed by atoms with Crippen LogP contribution in [-0.2, 0) is 4.79 Å². The molecule has 150 valence electrons. The number of carbonyl (C=O) groups excluding carboxylic acids is 1. The van der Waals surface area contributed by atoms with E-state index >= 15 is 0 Å². The van der Waals surface area contributed by atoms with Gasteiger partial charge in [-0.25, -0.2) is 0 Å². The summed E-state index contributed by atoms with van der Waals surface area (Å²) < 4.78 is 10.7. The minimum absolute atomic E-state index is 0.00863. The predicted molar refractivity (Wildman–Crippen MR) is 109 cm³/mol. The molecular formula is C19H15Cl2N3O5. The van der Waals surface area contributed by atoms with Crippen molar-refractivity contribution in [1.82, 2.24) is 0 Å². The molecule has 2 aromatic rings. The third-order valence-electron chi connectivity index (χ3n) is 3.63. The summed E-state index contributed by atoms with van der Waals surface area (Å²) in [5, 5.41) is 23.0. The number of nitrogens with zero attached hydrogens (tertiary/aromatic N) is 2. The lowest BCUT2D eigenvalue weighted by Gasteiger charge is -2.12. The Kier molecular flexibility index (Phi) is 7.42. The van der Waals surface area contributed by atoms with Crippen LogP contribution < -0.4 is 14.8 Å². The van der Waals surface area contributed by atoms with Gasteiger partial charge in [-0.1, -0.05) is 23.2 Å². The lowest BCUT2D eigenvalue weighted by molar-refractivity contribution is -0.384. The van der Waals surface area contributed by atoms with Crippen LogP contribution in [0.15, 0.2) is 35.9 Å². The molecule has 0 fully saturated rings. The third kappa shape index (κ3) is 5.38. The average molecular weight is 436 g/mol. The van der Waals surface area contributed by atoms with Crippen LogP contribution in [-0.4, -0.2) is 24.5 Å². The summed E-state index contributed by atoms with van der Waals surface area (Å²) in [5.74, 6) is -0.107. The van der Waals surface area contributed by atoms with Crippen LogP contribution in [0.1, 0.15) is 12.5 Å². The number of hydrogen-bond acceptors (Lipinski definition) is 6. The molecule has 10 heteroatoms. The third-order valence-corrected chi connectivity index (χ3v) is 4.24.